The Kier molecular flexibility index (Phi) is 4.59. The van der Waals surface area contributed by atoms with E-state index in [0.717, 1.165) is 48.3 Å². The van der Waals surface area contributed by atoms with E-state index in [-0.39, 0.29) is 5.56 Å². The van der Waals surface area contributed by atoms with E-state index in [1.165, 1.54) is 5.56 Å². The minimum Gasteiger partial charge on any atom is -0.497 e. The number of rotatable bonds is 4. The summed E-state index contributed by atoms with van der Waals surface area (Å²) in [4.78, 5) is 15.3. The second kappa shape index (κ2) is 7.02. The molecule has 4 nitrogen and oxygen atoms in total. The Morgan fingerprint density at radius 1 is 1.12 bits per heavy atom. The van der Waals surface area contributed by atoms with E-state index < -0.39 is 0 Å². The smallest absolute Gasteiger partial charge is 0.268 e. The normalized spacial score (nSPS) is 16.4. The van der Waals surface area contributed by atoms with Crippen LogP contribution in [0.4, 0.5) is 0 Å². The fourth-order valence-corrected chi connectivity index (χ4v) is 4.67. The first kappa shape index (κ1) is 16.4. The van der Waals surface area contributed by atoms with Gasteiger partial charge in [0.1, 0.15) is 5.75 Å². The van der Waals surface area contributed by atoms with E-state index in [9.17, 15) is 4.79 Å². The molecule has 0 N–H and O–H groups in total. The number of hydrogen-bond acceptors (Lipinski definition) is 4. The molecule has 1 aromatic heterocycles. The van der Waals surface area contributed by atoms with Gasteiger partial charge >= 0.3 is 0 Å². The molecule has 1 aliphatic rings. The van der Waals surface area contributed by atoms with E-state index in [1.54, 1.807) is 18.6 Å². The highest BCUT2D eigenvalue weighted by Gasteiger charge is 2.23. The number of likely N-dealkylation sites (tertiary alicyclic amines) is 1. The van der Waals surface area contributed by atoms with Crippen molar-refractivity contribution in [3.63, 3.8) is 0 Å². The van der Waals surface area contributed by atoms with Gasteiger partial charge in [-0.2, -0.15) is 0 Å². The van der Waals surface area contributed by atoms with Gasteiger partial charge in [0.15, 0.2) is 0 Å². The van der Waals surface area contributed by atoms with E-state index in [1.807, 2.05) is 22.2 Å². The van der Waals surface area contributed by atoms with Gasteiger partial charge in [0, 0.05) is 19.6 Å². The second-order valence-electron chi connectivity index (χ2n) is 6.58. The first-order valence-corrected chi connectivity index (χ1v) is 9.48. The molecule has 0 bridgehead atoms. The van der Waals surface area contributed by atoms with Crippen LogP contribution in [-0.2, 0) is 6.54 Å². The maximum absolute atomic E-state index is 12.8. The van der Waals surface area contributed by atoms with Crippen molar-refractivity contribution >= 4 is 21.6 Å². The number of aromatic nitrogens is 1. The van der Waals surface area contributed by atoms with Crippen LogP contribution in [0.5, 0.6) is 5.75 Å². The number of piperidine rings is 1. The predicted octanol–water partition coefficient (Wildman–Crippen LogP) is 3.91. The van der Waals surface area contributed by atoms with Crippen molar-refractivity contribution in [3.05, 3.63) is 64.4 Å². The minimum atomic E-state index is 0.125. The summed E-state index contributed by atoms with van der Waals surface area (Å²) in [6, 6.07) is 16.7. The van der Waals surface area contributed by atoms with Gasteiger partial charge in [-0.15, -0.1) is 0 Å². The molecule has 2 heterocycles. The number of ether oxygens (including phenoxy) is 1. The lowest BCUT2D eigenvalue weighted by Crippen LogP contribution is -2.35. The van der Waals surface area contributed by atoms with Crippen LogP contribution in [0.15, 0.2) is 53.3 Å². The first-order valence-electron chi connectivity index (χ1n) is 8.70. The molecule has 1 aliphatic heterocycles. The molecule has 0 unspecified atom stereocenters. The monoisotopic (exact) mass is 354 g/mol. The number of fused-ring (bicyclic) bond motifs is 1. The van der Waals surface area contributed by atoms with Crippen LogP contribution in [0.25, 0.3) is 10.1 Å². The van der Waals surface area contributed by atoms with Crippen LogP contribution in [-0.4, -0.2) is 29.1 Å². The molecule has 5 heteroatoms. The van der Waals surface area contributed by atoms with Crippen LogP contribution in [0.2, 0.25) is 0 Å². The maximum Gasteiger partial charge on any atom is 0.268 e. The lowest BCUT2D eigenvalue weighted by atomic mass is 10.0. The van der Waals surface area contributed by atoms with Crippen molar-refractivity contribution in [1.29, 1.82) is 0 Å². The van der Waals surface area contributed by atoms with Crippen molar-refractivity contribution < 1.29 is 4.74 Å². The Balaban J connectivity index is 1.48. The summed E-state index contributed by atoms with van der Waals surface area (Å²) in [7, 11) is 1.63. The largest absolute Gasteiger partial charge is 0.497 e. The Labute approximate surface area is 151 Å². The summed E-state index contributed by atoms with van der Waals surface area (Å²) in [5.74, 6) is 0.743. The Hall–Kier alpha value is -2.11. The number of methoxy groups -OCH3 is 1. The zero-order valence-electron chi connectivity index (χ0n) is 14.4. The zero-order valence-corrected chi connectivity index (χ0v) is 15.2. The Morgan fingerprint density at radius 3 is 2.60 bits per heavy atom. The van der Waals surface area contributed by atoms with Crippen LogP contribution >= 0.6 is 11.5 Å². The van der Waals surface area contributed by atoms with E-state index >= 15 is 0 Å². The summed E-state index contributed by atoms with van der Waals surface area (Å²) >= 11 is 1.58. The highest BCUT2D eigenvalue weighted by atomic mass is 32.1. The number of hydrogen-bond donors (Lipinski definition) is 0. The minimum absolute atomic E-state index is 0.125. The summed E-state index contributed by atoms with van der Waals surface area (Å²) < 4.78 is 8.27. The van der Waals surface area contributed by atoms with Gasteiger partial charge in [-0.1, -0.05) is 41.9 Å². The molecule has 0 saturated carbocycles. The fourth-order valence-electron chi connectivity index (χ4n) is 3.54. The molecule has 0 spiro atoms. The Morgan fingerprint density at radius 2 is 1.88 bits per heavy atom. The average Bonchev–Trinajstić information content (AvgIpc) is 2.99. The number of nitrogens with zero attached hydrogens (tertiary/aromatic N) is 2. The van der Waals surface area contributed by atoms with E-state index in [0.29, 0.717) is 6.04 Å². The zero-order chi connectivity index (χ0) is 17.2. The third kappa shape index (κ3) is 3.34. The van der Waals surface area contributed by atoms with Crippen molar-refractivity contribution in [2.24, 2.45) is 0 Å². The van der Waals surface area contributed by atoms with Crippen molar-refractivity contribution in [2.45, 2.75) is 25.4 Å². The first-order chi connectivity index (χ1) is 12.2. The third-order valence-corrected chi connectivity index (χ3v) is 6.17. The molecule has 1 fully saturated rings. The van der Waals surface area contributed by atoms with Gasteiger partial charge in [-0.25, -0.2) is 0 Å². The van der Waals surface area contributed by atoms with Crippen LogP contribution in [0.3, 0.4) is 0 Å². The van der Waals surface area contributed by atoms with Gasteiger partial charge < -0.3 is 4.74 Å². The van der Waals surface area contributed by atoms with Gasteiger partial charge in [0.05, 0.1) is 23.2 Å². The highest BCUT2D eigenvalue weighted by Crippen LogP contribution is 2.29. The molecule has 25 heavy (non-hydrogen) atoms. The highest BCUT2D eigenvalue weighted by molar-refractivity contribution is 7.13. The Bertz CT molecular complexity index is 908. The fraction of sp³-hybridized carbons (Fsp3) is 0.350. The SMILES string of the molecule is COc1ccc2sn(C3CCN(Cc4ccccc4)CC3)c(=O)c2c1. The number of benzene rings is 2. The second-order valence-corrected chi connectivity index (χ2v) is 7.59. The van der Waals surface area contributed by atoms with Gasteiger partial charge in [0.2, 0.25) is 0 Å². The molecule has 4 rings (SSSR count). The van der Waals surface area contributed by atoms with Crippen LogP contribution in [0.1, 0.15) is 24.4 Å². The van der Waals surface area contributed by atoms with Crippen LogP contribution in [0, 0.1) is 0 Å². The van der Waals surface area contributed by atoms with E-state index in [4.69, 9.17) is 4.74 Å². The van der Waals surface area contributed by atoms with Crippen molar-refractivity contribution in [2.75, 3.05) is 20.2 Å². The molecule has 1 saturated heterocycles. The quantitative estimate of drug-likeness (QED) is 0.712. The summed E-state index contributed by atoms with van der Waals surface area (Å²) in [6.07, 6.45) is 2.05. The summed E-state index contributed by atoms with van der Waals surface area (Å²) in [5, 5.41) is 0.774. The van der Waals surface area contributed by atoms with Crippen molar-refractivity contribution in [1.82, 2.24) is 8.86 Å². The van der Waals surface area contributed by atoms with Crippen LogP contribution < -0.4 is 10.3 Å². The molecule has 130 valence electrons. The molecule has 0 atom stereocenters. The lowest BCUT2D eigenvalue weighted by molar-refractivity contribution is 0.183. The molecular formula is C20H22N2O2S. The average molecular weight is 354 g/mol. The topological polar surface area (TPSA) is 34.5 Å². The molecule has 0 radical (unpaired) electrons. The molecule has 0 aliphatic carbocycles. The molecular weight excluding hydrogens is 332 g/mol. The van der Waals surface area contributed by atoms with Crippen molar-refractivity contribution in [3.8, 4) is 5.75 Å². The summed E-state index contributed by atoms with van der Waals surface area (Å²) in [6.45, 7) is 3.05. The molecule has 0 amide bonds. The standard InChI is InChI=1S/C20H22N2O2S/c1-24-17-7-8-19-18(13-17)20(23)22(25-19)16-9-11-21(12-10-16)14-15-5-3-2-4-6-15/h2-8,13,16H,9-12,14H2,1H3. The van der Waals surface area contributed by atoms with Gasteiger partial charge in [-0.05, 0) is 36.6 Å². The predicted molar refractivity (Wildman–Crippen MR) is 103 cm³/mol. The van der Waals surface area contributed by atoms with Gasteiger partial charge in [0.25, 0.3) is 5.56 Å². The molecule has 2 aromatic carbocycles. The summed E-state index contributed by atoms with van der Waals surface area (Å²) in [5.41, 5.74) is 1.48. The molecule has 3 aromatic rings. The third-order valence-electron chi connectivity index (χ3n) is 4.95. The van der Waals surface area contributed by atoms with E-state index in [2.05, 4.69) is 35.2 Å². The lowest BCUT2D eigenvalue weighted by Gasteiger charge is -2.31. The maximum atomic E-state index is 12.8. The van der Waals surface area contributed by atoms with Gasteiger partial charge in [-0.3, -0.25) is 13.7 Å².